The Bertz CT molecular complexity index is 592. The molecule has 2 rings (SSSR count). The Labute approximate surface area is 129 Å². The average Bonchev–Trinajstić information content (AvgIpc) is 2.79. The number of carboxylic acids is 1. The molecule has 118 valence electrons. The van der Waals surface area contributed by atoms with Gasteiger partial charge in [-0.3, -0.25) is 14.4 Å². The lowest BCUT2D eigenvalue weighted by molar-refractivity contribution is -0.137. The molecule has 1 heterocycles. The number of benzene rings is 1. The Morgan fingerprint density at radius 1 is 1.27 bits per heavy atom. The molecule has 0 aliphatic carbocycles. The summed E-state index contributed by atoms with van der Waals surface area (Å²) >= 11 is 0. The van der Waals surface area contributed by atoms with E-state index in [1.165, 1.54) is 0 Å². The van der Waals surface area contributed by atoms with Crippen LogP contribution in [0.4, 0.5) is 5.69 Å². The molecule has 22 heavy (non-hydrogen) atoms. The van der Waals surface area contributed by atoms with E-state index in [0.717, 1.165) is 16.8 Å². The van der Waals surface area contributed by atoms with Crippen LogP contribution in [-0.2, 0) is 14.4 Å². The molecule has 0 spiro atoms. The Morgan fingerprint density at radius 2 is 1.91 bits per heavy atom. The maximum Gasteiger partial charge on any atom is 0.305 e. The van der Waals surface area contributed by atoms with Crippen molar-refractivity contribution in [1.29, 1.82) is 0 Å². The van der Waals surface area contributed by atoms with Crippen molar-refractivity contribution in [3.05, 3.63) is 29.3 Å². The van der Waals surface area contributed by atoms with E-state index in [-0.39, 0.29) is 18.9 Å². The molecule has 1 aromatic carbocycles. The minimum Gasteiger partial charge on any atom is -0.481 e. The van der Waals surface area contributed by atoms with Crippen LogP contribution in [0, 0.1) is 19.8 Å². The quantitative estimate of drug-likeness (QED) is 0.802. The van der Waals surface area contributed by atoms with Crippen molar-refractivity contribution in [1.82, 2.24) is 5.32 Å². The van der Waals surface area contributed by atoms with Gasteiger partial charge in [-0.2, -0.15) is 0 Å². The zero-order valence-electron chi connectivity index (χ0n) is 12.8. The van der Waals surface area contributed by atoms with Gasteiger partial charge in [0.2, 0.25) is 11.8 Å². The minimum absolute atomic E-state index is 0.0432. The summed E-state index contributed by atoms with van der Waals surface area (Å²) in [6, 6.07) is 5.88. The first-order valence-electron chi connectivity index (χ1n) is 7.27. The molecule has 1 unspecified atom stereocenters. The summed E-state index contributed by atoms with van der Waals surface area (Å²) in [5.41, 5.74) is 2.94. The summed E-state index contributed by atoms with van der Waals surface area (Å²) in [5.74, 6) is -2.32. The highest BCUT2D eigenvalue weighted by Crippen LogP contribution is 2.27. The Balaban J connectivity index is 2.03. The number of aliphatic carboxylic acids is 1. The number of nitrogens with zero attached hydrogens (tertiary/aromatic N) is 1. The smallest absolute Gasteiger partial charge is 0.305 e. The normalized spacial score (nSPS) is 17.6. The highest BCUT2D eigenvalue weighted by Gasteiger charge is 2.37. The van der Waals surface area contributed by atoms with E-state index in [1.54, 1.807) is 4.90 Å². The van der Waals surface area contributed by atoms with E-state index in [0.29, 0.717) is 13.0 Å². The number of carbonyl (C=O) groups excluding carboxylic acids is 2. The SMILES string of the molecule is Cc1cc(C)cc(N2CCC(C(=O)NCCC(=O)O)C2=O)c1. The maximum absolute atomic E-state index is 12.4. The third-order valence-electron chi connectivity index (χ3n) is 3.68. The van der Waals surface area contributed by atoms with Crippen molar-refractivity contribution in [2.75, 3.05) is 18.0 Å². The molecule has 1 saturated heterocycles. The third kappa shape index (κ3) is 3.63. The second-order valence-corrected chi connectivity index (χ2v) is 5.61. The zero-order chi connectivity index (χ0) is 16.3. The largest absolute Gasteiger partial charge is 0.481 e. The number of aryl methyl sites for hydroxylation is 2. The Kier molecular flexibility index (Phi) is 4.80. The molecule has 0 radical (unpaired) electrons. The van der Waals surface area contributed by atoms with Gasteiger partial charge in [0.05, 0.1) is 6.42 Å². The summed E-state index contributed by atoms with van der Waals surface area (Å²) in [5, 5.41) is 11.1. The number of anilines is 1. The molecule has 1 aliphatic rings. The van der Waals surface area contributed by atoms with Gasteiger partial charge in [-0.1, -0.05) is 6.07 Å². The van der Waals surface area contributed by atoms with Crippen LogP contribution in [0.15, 0.2) is 18.2 Å². The van der Waals surface area contributed by atoms with Gasteiger partial charge in [-0.25, -0.2) is 0 Å². The predicted octanol–water partition coefficient (Wildman–Crippen LogP) is 1.25. The van der Waals surface area contributed by atoms with Crippen molar-refractivity contribution in [3.8, 4) is 0 Å². The standard InChI is InChI=1S/C16H20N2O4/c1-10-7-11(2)9-12(8-10)18-6-4-13(16(18)22)15(21)17-5-3-14(19)20/h7-9,13H,3-6H2,1-2H3,(H,17,21)(H,19,20). The Morgan fingerprint density at radius 3 is 2.50 bits per heavy atom. The lowest BCUT2D eigenvalue weighted by Crippen LogP contribution is -2.37. The van der Waals surface area contributed by atoms with Crippen LogP contribution < -0.4 is 10.2 Å². The molecule has 6 nitrogen and oxygen atoms in total. The number of hydrogen-bond donors (Lipinski definition) is 2. The molecule has 1 fully saturated rings. The lowest BCUT2D eigenvalue weighted by Gasteiger charge is -2.18. The second kappa shape index (κ2) is 6.60. The van der Waals surface area contributed by atoms with Crippen LogP contribution in [0.1, 0.15) is 24.0 Å². The number of nitrogens with one attached hydrogen (secondary N) is 1. The van der Waals surface area contributed by atoms with E-state index in [2.05, 4.69) is 5.32 Å². The summed E-state index contributed by atoms with van der Waals surface area (Å²) in [7, 11) is 0. The first kappa shape index (κ1) is 16.0. The van der Waals surface area contributed by atoms with E-state index in [9.17, 15) is 14.4 Å². The maximum atomic E-state index is 12.4. The predicted molar refractivity (Wildman–Crippen MR) is 81.6 cm³/mol. The molecule has 1 aromatic rings. The number of hydrogen-bond acceptors (Lipinski definition) is 3. The lowest BCUT2D eigenvalue weighted by atomic mass is 10.1. The molecule has 2 N–H and O–H groups in total. The van der Waals surface area contributed by atoms with E-state index in [1.807, 2.05) is 32.0 Å². The van der Waals surface area contributed by atoms with Crippen LogP contribution in [0.25, 0.3) is 0 Å². The highest BCUT2D eigenvalue weighted by atomic mass is 16.4. The fourth-order valence-electron chi connectivity index (χ4n) is 2.70. The van der Waals surface area contributed by atoms with Crippen molar-refractivity contribution in [3.63, 3.8) is 0 Å². The zero-order valence-corrected chi connectivity index (χ0v) is 12.8. The van der Waals surface area contributed by atoms with Crippen LogP contribution in [0.3, 0.4) is 0 Å². The average molecular weight is 304 g/mol. The summed E-state index contributed by atoms with van der Waals surface area (Å²) in [6.45, 7) is 4.47. The van der Waals surface area contributed by atoms with Gasteiger partial charge in [0, 0.05) is 18.8 Å². The minimum atomic E-state index is -0.977. The van der Waals surface area contributed by atoms with Crippen molar-refractivity contribution >= 4 is 23.5 Å². The monoisotopic (exact) mass is 304 g/mol. The van der Waals surface area contributed by atoms with Crippen LogP contribution >= 0.6 is 0 Å². The van der Waals surface area contributed by atoms with Gasteiger partial charge >= 0.3 is 5.97 Å². The van der Waals surface area contributed by atoms with Crippen molar-refractivity contribution in [2.24, 2.45) is 5.92 Å². The molecule has 6 heteroatoms. The first-order valence-corrected chi connectivity index (χ1v) is 7.27. The molecular weight excluding hydrogens is 284 g/mol. The molecule has 1 aliphatic heterocycles. The van der Waals surface area contributed by atoms with Gasteiger partial charge in [0.25, 0.3) is 0 Å². The van der Waals surface area contributed by atoms with E-state index >= 15 is 0 Å². The van der Waals surface area contributed by atoms with Gasteiger partial charge < -0.3 is 15.3 Å². The topological polar surface area (TPSA) is 86.7 Å². The Hall–Kier alpha value is -2.37. The molecule has 0 bridgehead atoms. The van der Waals surface area contributed by atoms with Gasteiger partial charge in [-0.05, 0) is 43.5 Å². The van der Waals surface area contributed by atoms with Gasteiger partial charge in [-0.15, -0.1) is 0 Å². The van der Waals surface area contributed by atoms with Crippen LogP contribution in [-0.4, -0.2) is 36.0 Å². The highest BCUT2D eigenvalue weighted by molar-refractivity contribution is 6.09. The fraction of sp³-hybridized carbons (Fsp3) is 0.438. The fourth-order valence-corrected chi connectivity index (χ4v) is 2.70. The summed E-state index contributed by atoms with van der Waals surface area (Å²) in [4.78, 5) is 36.5. The molecule has 0 saturated carbocycles. The second-order valence-electron chi connectivity index (χ2n) is 5.61. The van der Waals surface area contributed by atoms with Gasteiger partial charge in [0.1, 0.15) is 5.92 Å². The van der Waals surface area contributed by atoms with Crippen LogP contribution in [0.5, 0.6) is 0 Å². The third-order valence-corrected chi connectivity index (χ3v) is 3.68. The molecular formula is C16H20N2O4. The van der Waals surface area contributed by atoms with E-state index in [4.69, 9.17) is 5.11 Å². The molecule has 2 amide bonds. The van der Waals surface area contributed by atoms with Crippen LogP contribution in [0.2, 0.25) is 0 Å². The number of carboxylic acid groups (broad SMARTS) is 1. The first-order chi connectivity index (χ1) is 10.4. The van der Waals surface area contributed by atoms with Crippen molar-refractivity contribution < 1.29 is 19.5 Å². The van der Waals surface area contributed by atoms with Gasteiger partial charge in [0.15, 0.2) is 0 Å². The number of carbonyl (C=O) groups is 3. The van der Waals surface area contributed by atoms with Crippen molar-refractivity contribution in [2.45, 2.75) is 26.7 Å². The van der Waals surface area contributed by atoms with E-state index < -0.39 is 17.8 Å². The molecule has 0 aromatic heterocycles. The molecule has 1 atom stereocenters. The summed E-state index contributed by atoms with van der Waals surface area (Å²) < 4.78 is 0. The number of rotatable bonds is 5. The number of amides is 2. The summed E-state index contributed by atoms with van der Waals surface area (Å²) in [6.07, 6.45) is 0.304.